The Hall–Kier alpha value is -1.40. The van der Waals surface area contributed by atoms with Crippen molar-refractivity contribution >= 4 is 34.6 Å². The number of aromatic nitrogens is 1. The van der Waals surface area contributed by atoms with Crippen molar-refractivity contribution in [3.05, 3.63) is 18.2 Å². The number of rotatable bonds is 7. The molecule has 1 aromatic heterocycles. The van der Waals surface area contributed by atoms with Crippen LogP contribution in [0.15, 0.2) is 22.6 Å². The Kier molecular flexibility index (Phi) is 4.72. The van der Waals surface area contributed by atoms with Gasteiger partial charge in [-0.1, -0.05) is 0 Å². The van der Waals surface area contributed by atoms with Crippen LogP contribution < -0.4 is 11.1 Å². The van der Waals surface area contributed by atoms with Crippen molar-refractivity contribution < 1.29 is 9.52 Å². The minimum atomic E-state index is 0.257. The van der Waals surface area contributed by atoms with E-state index in [0.29, 0.717) is 17.3 Å². The van der Waals surface area contributed by atoms with Crippen LogP contribution in [0.5, 0.6) is 0 Å². The first kappa shape index (κ1) is 13.0. The summed E-state index contributed by atoms with van der Waals surface area (Å²) < 4.78 is 5.53. The maximum atomic E-state index is 8.64. The molecule has 0 aliphatic carbocycles. The smallest absolute Gasteiger partial charge is 0.295 e. The summed E-state index contributed by atoms with van der Waals surface area (Å²) >= 11 is 1.79. The third kappa shape index (κ3) is 3.54. The molecule has 0 saturated heterocycles. The van der Waals surface area contributed by atoms with Crippen molar-refractivity contribution in [3.63, 3.8) is 0 Å². The van der Waals surface area contributed by atoms with Gasteiger partial charge in [-0.05, 0) is 24.3 Å². The molecule has 2 rings (SSSR count). The molecule has 98 valence electrons. The summed E-state index contributed by atoms with van der Waals surface area (Å²) in [7, 11) is 0. The Morgan fingerprint density at radius 3 is 3.11 bits per heavy atom. The van der Waals surface area contributed by atoms with Crippen LogP contribution >= 0.6 is 11.8 Å². The van der Waals surface area contributed by atoms with E-state index in [1.807, 2.05) is 6.07 Å². The molecule has 0 aliphatic heterocycles. The van der Waals surface area contributed by atoms with Crippen LogP contribution in [0.2, 0.25) is 0 Å². The number of hydrogen-bond acceptors (Lipinski definition) is 6. The molecular formula is C12H17N3O2S. The zero-order chi connectivity index (χ0) is 12.8. The fourth-order valence-corrected chi connectivity index (χ4v) is 2.30. The quantitative estimate of drug-likeness (QED) is 0.525. The highest BCUT2D eigenvalue weighted by atomic mass is 32.2. The summed E-state index contributed by atoms with van der Waals surface area (Å²) in [5.74, 6) is 1.93. The molecule has 0 fully saturated rings. The molecule has 0 spiro atoms. The zero-order valence-electron chi connectivity index (χ0n) is 10.1. The van der Waals surface area contributed by atoms with Crippen LogP contribution in [0, 0.1) is 0 Å². The first-order chi connectivity index (χ1) is 8.79. The van der Waals surface area contributed by atoms with E-state index in [4.69, 9.17) is 15.3 Å². The number of thioether (sulfide) groups is 1. The van der Waals surface area contributed by atoms with E-state index in [1.54, 1.807) is 23.9 Å². The second kappa shape index (κ2) is 6.51. The lowest BCUT2D eigenvalue weighted by atomic mass is 10.3. The van der Waals surface area contributed by atoms with Crippen LogP contribution in [0.25, 0.3) is 11.1 Å². The van der Waals surface area contributed by atoms with Crippen LogP contribution in [-0.4, -0.2) is 34.7 Å². The number of hydrogen-bond donors (Lipinski definition) is 3. The summed E-state index contributed by atoms with van der Waals surface area (Å²) in [5.41, 5.74) is 7.85. The lowest BCUT2D eigenvalue weighted by Crippen LogP contribution is -2.04. The number of oxazole rings is 1. The molecule has 0 aliphatic rings. The van der Waals surface area contributed by atoms with Crippen molar-refractivity contribution in [1.29, 1.82) is 0 Å². The number of aliphatic hydroxyl groups excluding tert-OH is 1. The van der Waals surface area contributed by atoms with E-state index in [-0.39, 0.29) is 6.61 Å². The minimum Gasteiger partial charge on any atom is -0.423 e. The lowest BCUT2D eigenvalue weighted by Gasteiger charge is -2.00. The summed E-state index contributed by atoms with van der Waals surface area (Å²) in [6.45, 7) is 1.05. The SMILES string of the molecule is Nc1ccc2nc(NCCSCCCO)oc2c1. The molecule has 0 saturated carbocycles. The number of nitrogen functional groups attached to an aromatic ring is 1. The van der Waals surface area contributed by atoms with Gasteiger partial charge in [0.25, 0.3) is 6.01 Å². The summed E-state index contributed by atoms with van der Waals surface area (Å²) in [5, 5.41) is 11.8. The third-order valence-corrected chi connectivity index (χ3v) is 3.45. The standard InChI is InChI=1S/C12H17N3O2S/c13-9-2-3-10-11(8-9)17-12(15-10)14-4-7-18-6-1-5-16/h2-3,8,16H,1,4-7,13H2,(H,14,15). The second-order valence-electron chi connectivity index (χ2n) is 3.86. The monoisotopic (exact) mass is 267 g/mol. The maximum Gasteiger partial charge on any atom is 0.295 e. The van der Waals surface area contributed by atoms with E-state index in [2.05, 4.69) is 10.3 Å². The number of benzene rings is 1. The molecular weight excluding hydrogens is 250 g/mol. The molecule has 1 heterocycles. The molecule has 6 heteroatoms. The summed E-state index contributed by atoms with van der Waals surface area (Å²) in [6, 6.07) is 5.94. The van der Waals surface area contributed by atoms with E-state index in [0.717, 1.165) is 30.0 Å². The Labute approximate surface area is 110 Å². The van der Waals surface area contributed by atoms with Gasteiger partial charge in [0.2, 0.25) is 0 Å². The number of nitrogens with one attached hydrogen (secondary N) is 1. The number of nitrogens with two attached hydrogens (primary N) is 1. The van der Waals surface area contributed by atoms with Gasteiger partial charge in [0.15, 0.2) is 5.58 Å². The van der Waals surface area contributed by atoms with Crippen LogP contribution in [-0.2, 0) is 0 Å². The predicted octanol–water partition coefficient (Wildman–Crippen LogP) is 1.94. The van der Waals surface area contributed by atoms with Gasteiger partial charge in [-0.2, -0.15) is 16.7 Å². The van der Waals surface area contributed by atoms with Crippen LogP contribution in [0.1, 0.15) is 6.42 Å². The molecule has 18 heavy (non-hydrogen) atoms. The molecule has 2 aromatic rings. The summed E-state index contributed by atoms with van der Waals surface area (Å²) in [4.78, 5) is 4.31. The highest BCUT2D eigenvalue weighted by molar-refractivity contribution is 7.99. The normalized spacial score (nSPS) is 10.9. The van der Waals surface area contributed by atoms with Gasteiger partial charge >= 0.3 is 0 Å². The fourth-order valence-electron chi connectivity index (χ4n) is 1.52. The van der Waals surface area contributed by atoms with Gasteiger partial charge in [-0.15, -0.1) is 0 Å². The molecule has 0 amide bonds. The molecule has 0 radical (unpaired) electrons. The third-order valence-electron chi connectivity index (χ3n) is 2.38. The maximum absolute atomic E-state index is 8.64. The Morgan fingerprint density at radius 1 is 1.39 bits per heavy atom. The lowest BCUT2D eigenvalue weighted by molar-refractivity contribution is 0.296. The van der Waals surface area contributed by atoms with E-state index in [9.17, 15) is 0 Å². The second-order valence-corrected chi connectivity index (χ2v) is 5.09. The van der Waals surface area contributed by atoms with Gasteiger partial charge in [0.1, 0.15) is 5.52 Å². The first-order valence-corrected chi connectivity index (χ1v) is 7.03. The number of anilines is 2. The number of aliphatic hydroxyl groups is 1. The van der Waals surface area contributed by atoms with Gasteiger partial charge in [-0.3, -0.25) is 0 Å². The van der Waals surface area contributed by atoms with Crippen LogP contribution in [0.3, 0.4) is 0 Å². The van der Waals surface area contributed by atoms with Crippen LogP contribution in [0.4, 0.5) is 11.7 Å². The zero-order valence-corrected chi connectivity index (χ0v) is 10.9. The van der Waals surface area contributed by atoms with Crippen molar-refractivity contribution in [3.8, 4) is 0 Å². The van der Waals surface area contributed by atoms with Gasteiger partial charge < -0.3 is 20.6 Å². The molecule has 0 atom stereocenters. The molecule has 0 unspecified atom stereocenters. The molecule has 4 N–H and O–H groups in total. The Morgan fingerprint density at radius 2 is 2.28 bits per heavy atom. The van der Waals surface area contributed by atoms with Crippen molar-refractivity contribution in [1.82, 2.24) is 4.98 Å². The van der Waals surface area contributed by atoms with Gasteiger partial charge in [0.05, 0.1) is 0 Å². The van der Waals surface area contributed by atoms with E-state index in [1.165, 1.54) is 0 Å². The van der Waals surface area contributed by atoms with Gasteiger partial charge in [0, 0.05) is 30.7 Å². The molecule has 1 aromatic carbocycles. The van der Waals surface area contributed by atoms with Crippen molar-refractivity contribution in [2.45, 2.75) is 6.42 Å². The summed E-state index contributed by atoms with van der Waals surface area (Å²) in [6.07, 6.45) is 0.840. The van der Waals surface area contributed by atoms with Gasteiger partial charge in [-0.25, -0.2) is 0 Å². The molecule has 5 nitrogen and oxygen atoms in total. The average Bonchev–Trinajstić information content (AvgIpc) is 2.75. The average molecular weight is 267 g/mol. The molecule has 0 bridgehead atoms. The van der Waals surface area contributed by atoms with Crippen molar-refractivity contribution in [2.24, 2.45) is 0 Å². The highest BCUT2D eigenvalue weighted by Crippen LogP contribution is 2.20. The predicted molar refractivity (Wildman–Crippen MR) is 75.9 cm³/mol. The van der Waals surface area contributed by atoms with Crippen molar-refractivity contribution in [2.75, 3.05) is 35.7 Å². The highest BCUT2D eigenvalue weighted by Gasteiger charge is 2.04. The first-order valence-electron chi connectivity index (χ1n) is 5.88. The number of nitrogens with zero attached hydrogens (tertiary/aromatic N) is 1. The minimum absolute atomic E-state index is 0.257. The topological polar surface area (TPSA) is 84.3 Å². The largest absolute Gasteiger partial charge is 0.423 e. The number of fused-ring (bicyclic) bond motifs is 1. The Bertz CT molecular complexity index is 501. The van der Waals surface area contributed by atoms with E-state index < -0.39 is 0 Å². The van der Waals surface area contributed by atoms with E-state index >= 15 is 0 Å². The Balaban J connectivity index is 1.81. The fraction of sp³-hybridized carbons (Fsp3) is 0.417.